The molecule has 5 nitrogen and oxygen atoms in total. The summed E-state index contributed by atoms with van der Waals surface area (Å²) in [6, 6.07) is 10.4. The van der Waals surface area contributed by atoms with E-state index in [0.717, 1.165) is 51.0 Å². The first-order valence-electron chi connectivity index (χ1n) is 8.73. The third-order valence-corrected chi connectivity index (χ3v) is 5.06. The molecule has 1 aliphatic heterocycles. The molecule has 26 heavy (non-hydrogen) atoms. The molecule has 0 aliphatic carbocycles. The van der Waals surface area contributed by atoms with Gasteiger partial charge in [-0.3, -0.25) is 0 Å². The van der Waals surface area contributed by atoms with Crippen molar-refractivity contribution in [2.45, 2.75) is 13.5 Å². The lowest BCUT2D eigenvalue weighted by atomic mass is 10.2. The van der Waals surface area contributed by atoms with E-state index >= 15 is 0 Å². The second-order valence-corrected chi connectivity index (χ2v) is 6.76. The normalized spacial score (nSPS) is 14.8. The Labute approximate surface area is 177 Å². The Hall–Kier alpha value is -1.48. The Morgan fingerprint density at radius 3 is 2.69 bits per heavy atom. The van der Waals surface area contributed by atoms with Crippen LogP contribution in [0, 0.1) is 0 Å². The maximum absolute atomic E-state index is 5.34. The molecule has 0 atom stereocenters. The first-order chi connectivity index (χ1) is 12.3. The molecule has 0 bridgehead atoms. The molecule has 0 unspecified atom stereocenters. The number of nitrogens with one attached hydrogen (secondary N) is 1. The molecule has 142 valence electrons. The van der Waals surface area contributed by atoms with Gasteiger partial charge < -0.3 is 19.9 Å². The van der Waals surface area contributed by atoms with E-state index < -0.39 is 0 Å². The van der Waals surface area contributed by atoms with Crippen LogP contribution in [0.1, 0.15) is 12.5 Å². The lowest BCUT2D eigenvalue weighted by Gasteiger charge is -2.37. The molecule has 0 saturated carbocycles. The summed E-state index contributed by atoms with van der Waals surface area (Å²) in [4.78, 5) is 9.56. The highest BCUT2D eigenvalue weighted by molar-refractivity contribution is 14.0. The zero-order valence-electron chi connectivity index (χ0n) is 15.4. The van der Waals surface area contributed by atoms with E-state index in [9.17, 15) is 0 Å². The molecule has 0 spiro atoms. The van der Waals surface area contributed by atoms with E-state index in [1.165, 1.54) is 11.3 Å². The number of piperazine rings is 1. The van der Waals surface area contributed by atoms with Gasteiger partial charge in [-0.25, -0.2) is 4.99 Å². The number of anilines is 1. The summed E-state index contributed by atoms with van der Waals surface area (Å²) < 4.78 is 5.34. The molecule has 1 aromatic carbocycles. The number of guanidine groups is 1. The Morgan fingerprint density at radius 1 is 1.23 bits per heavy atom. The largest absolute Gasteiger partial charge is 0.497 e. The van der Waals surface area contributed by atoms with Crippen LogP contribution in [0.15, 0.2) is 46.1 Å². The van der Waals surface area contributed by atoms with Gasteiger partial charge in [-0.1, -0.05) is 6.07 Å². The highest BCUT2D eigenvalue weighted by atomic mass is 127. The lowest BCUT2D eigenvalue weighted by molar-refractivity contribution is 0.372. The van der Waals surface area contributed by atoms with Gasteiger partial charge in [0.15, 0.2) is 5.96 Å². The Kier molecular flexibility index (Phi) is 8.50. The molecule has 1 N–H and O–H groups in total. The van der Waals surface area contributed by atoms with Gasteiger partial charge in [0.25, 0.3) is 0 Å². The molecular weight excluding hydrogens is 459 g/mol. The third-order valence-electron chi connectivity index (χ3n) is 4.32. The van der Waals surface area contributed by atoms with Crippen molar-refractivity contribution in [1.82, 2.24) is 10.2 Å². The first kappa shape index (κ1) is 20.8. The number of nitrogens with zero attached hydrogens (tertiary/aromatic N) is 3. The van der Waals surface area contributed by atoms with E-state index in [4.69, 9.17) is 9.73 Å². The summed E-state index contributed by atoms with van der Waals surface area (Å²) in [6.07, 6.45) is 0. The monoisotopic (exact) mass is 486 g/mol. The number of benzene rings is 1. The van der Waals surface area contributed by atoms with Gasteiger partial charge in [0.2, 0.25) is 0 Å². The zero-order chi connectivity index (χ0) is 17.5. The fraction of sp³-hybridized carbons (Fsp3) is 0.421. The van der Waals surface area contributed by atoms with Crippen LogP contribution >= 0.6 is 35.3 Å². The fourth-order valence-electron chi connectivity index (χ4n) is 2.96. The second-order valence-electron chi connectivity index (χ2n) is 5.98. The standard InChI is InChI=1S/C19H26N4OS.HI/c1-3-20-19(21-14-16-7-12-25-15-16)23-10-8-22(9-11-23)17-5-4-6-18(13-17)24-2;/h4-7,12-13,15H,3,8-11,14H2,1-2H3,(H,20,21);1H. The number of thiophene rings is 1. The molecule has 2 aromatic rings. The van der Waals surface area contributed by atoms with Gasteiger partial charge in [0.05, 0.1) is 13.7 Å². The zero-order valence-corrected chi connectivity index (χ0v) is 18.5. The summed E-state index contributed by atoms with van der Waals surface area (Å²) in [5, 5.41) is 7.69. The number of aliphatic imine (C=N–C) groups is 1. The van der Waals surface area contributed by atoms with Crippen molar-refractivity contribution in [3.63, 3.8) is 0 Å². The minimum Gasteiger partial charge on any atom is -0.497 e. The highest BCUT2D eigenvalue weighted by Crippen LogP contribution is 2.22. The summed E-state index contributed by atoms with van der Waals surface area (Å²) in [6.45, 7) is 7.64. The predicted molar refractivity (Wildman–Crippen MR) is 121 cm³/mol. The highest BCUT2D eigenvalue weighted by Gasteiger charge is 2.20. The van der Waals surface area contributed by atoms with E-state index in [-0.39, 0.29) is 24.0 Å². The molecular formula is C19H27IN4OS. The number of rotatable bonds is 5. The van der Waals surface area contributed by atoms with E-state index in [1.807, 2.05) is 12.1 Å². The summed E-state index contributed by atoms with van der Waals surface area (Å²) in [5.41, 5.74) is 2.50. The maximum atomic E-state index is 5.34. The van der Waals surface area contributed by atoms with Gasteiger partial charge in [-0.15, -0.1) is 24.0 Å². The summed E-state index contributed by atoms with van der Waals surface area (Å²) in [5.74, 6) is 1.92. The van der Waals surface area contributed by atoms with Crippen LogP contribution in [-0.2, 0) is 6.54 Å². The van der Waals surface area contributed by atoms with Crippen LogP contribution in [0.25, 0.3) is 0 Å². The predicted octanol–water partition coefficient (Wildman–Crippen LogP) is 3.66. The van der Waals surface area contributed by atoms with Gasteiger partial charge in [-0.05, 0) is 41.4 Å². The van der Waals surface area contributed by atoms with E-state index in [0.29, 0.717) is 0 Å². The number of halogens is 1. The fourth-order valence-corrected chi connectivity index (χ4v) is 3.62. The molecule has 0 radical (unpaired) electrons. The van der Waals surface area contributed by atoms with E-state index in [2.05, 4.69) is 51.0 Å². The molecule has 3 rings (SSSR count). The SMILES string of the molecule is CCNC(=NCc1ccsc1)N1CCN(c2cccc(OC)c2)CC1.I. The molecule has 1 saturated heterocycles. The van der Waals surface area contributed by atoms with Crippen LogP contribution in [-0.4, -0.2) is 50.7 Å². The molecule has 0 amide bonds. The van der Waals surface area contributed by atoms with Crippen LogP contribution in [0.5, 0.6) is 5.75 Å². The van der Waals surface area contributed by atoms with Gasteiger partial charge in [0, 0.05) is 44.5 Å². The maximum Gasteiger partial charge on any atom is 0.194 e. The van der Waals surface area contributed by atoms with Crippen LogP contribution < -0.4 is 15.0 Å². The molecule has 7 heteroatoms. The Morgan fingerprint density at radius 2 is 2.04 bits per heavy atom. The molecule has 2 heterocycles. The quantitative estimate of drug-likeness (QED) is 0.398. The first-order valence-corrected chi connectivity index (χ1v) is 9.67. The summed E-state index contributed by atoms with van der Waals surface area (Å²) >= 11 is 1.72. The lowest BCUT2D eigenvalue weighted by Crippen LogP contribution is -2.52. The van der Waals surface area contributed by atoms with Crippen LogP contribution in [0.2, 0.25) is 0 Å². The topological polar surface area (TPSA) is 40.1 Å². The van der Waals surface area contributed by atoms with E-state index in [1.54, 1.807) is 18.4 Å². The van der Waals surface area contributed by atoms with Crippen molar-refractivity contribution < 1.29 is 4.74 Å². The average Bonchev–Trinajstić information content (AvgIpc) is 3.19. The van der Waals surface area contributed by atoms with Gasteiger partial charge in [-0.2, -0.15) is 11.3 Å². The number of methoxy groups -OCH3 is 1. The van der Waals surface area contributed by atoms with Gasteiger partial charge >= 0.3 is 0 Å². The third kappa shape index (κ3) is 5.51. The smallest absolute Gasteiger partial charge is 0.194 e. The van der Waals surface area contributed by atoms with Crippen molar-refractivity contribution >= 4 is 47.0 Å². The molecule has 1 fully saturated rings. The second kappa shape index (κ2) is 10.6. The minimum atomic E-state index is 0. The average molecular weight is 486 g/mol. The number of hydrogen-bond donors (Lipinski definition) is 1. The van der Waals surface area contributed by atoms with Crippen LogP contribution in [0.4, 0.5) is 5.69 Å². The van der Waals surface area contributed by atoms with Crippen molar-refractivity contribution in [2.24, 2.45) is 4.99 Å². The van der Waals surface area contributed by atoms with Gasteiger partial charge in [0.1, 0.15) is 5.75 Å². The molecule has 1 aliphatic rings. The van der Waals surface area contributed by atoms with Crippen LogP contribution in [0.3, 0.4) is 0 Å². The van der Waals surface area contributed by atoms with Crippen molar-refractivity contribution in [1.29, 1.82) is 0 Å². The van der Waals surface area contributed by atoms with Crippen molar-refractivity contribution in [3.05, 3.63) is 46.7 Å². The number of hydrogen-bond acceptors (Lipinski definition) is 4. The minimum absolute atomic E-state index is 0. The number of ether oxygens (including phenoxy) is 1. The Bertz CT molecular complexity index is 685. The Balaban J connectivity index is 0.00000243. The van der Waals surface area contributed by atoms with Crippen molar-refractivity contribution in [3.8, 4) is 5.75 Å². The van der Waals surface area contributed by atoms with Crippen molar-refractivity contribution in [2.75, 3.05) is 44.7 Å². The summed E-state index contributed by atoms with van der Waals surface area (Å²) in [7, 11) is 1.71. The molecule has 1 aromatic heterocycles.